The van der Waals surface area contributed by atoms with Gasteiger partial charge in [0.2, 0.25) is 0 Å². The van der Waals surface area contributed by atoms with Gasteiger partial charge in [-0.3, -0.25) is 4.79 Å². The van der Waals surface area contributed by atoms with Crippen molar-refractivity contribution in [2.24, 2.45) is 0 Å². The van der Waals surface area contributed by atoms with Crippen molar-refractivity contribution in [2.75, 3.05) is 10.6 Å². The summed E-state index contributed by atoms with van der Waals surface area (Å²) in [6, 6.07) is 21.1. The number of aryl methyl sites for hydroxylation is 2. The zero-order chi connectivity index (χ0) is 20.9. The minimum Gasteiger partial charge on any atom is -0.366 e. The van der Waals surface area contributed by atoms with E-state index in [1.807, 2.05) is 30.3 Å². The Balaban J connectivity index is 1.62. The average molecular weight is 399 g/mol. The molecule has 0 aliphatic heterocycles. The number of hydrogen-bond donors (Lipinski definition) is 2. The second-order valence-electron chi connectivity index (χ2n) is 6.94. The van der Waals surface area contributed by atoms with Gasteiger partial charge < -0.3 is 15.2 Å². The van der Waals surface area contributed by atoms with Crippen molar-refractivity contribution in [1.82, 2.24) is 15.1 Å². The predicted octanol–water partition coefficient (Wildman–Crippen LogP) is 4.61. The summed E-state index contributed by atoms with van der Waals surface area (Å²) in [5, 5.41) is 9.79. The summed E-state index contributed by atoms with van der Waals surface area (Å²) >= 11 is 0. The van der Waals surface area contributed by atoms with Crippen LogP contribution >= 0.6 is 0 Å². The van der Waals surface area contributed by atoms with Gasteiger partial charge in [-0.05, 0) is 19.4 Å². The lowest BCUT2D eigenvalue weighted by Gasteiger charge is -2.10. The van der Waals surface area contributed by atoms with Gasteiger partial charge in [-0.1, -0.05) is 65.3 Å². The van der Waals surface area contributed by atoms with Crippen LogP contribution in [0.3, 0.4) is 0 Å². The maximum absolute atomic E-state index is 12.8. The second kappa shape index (κ2) is 8.57. The predicted molar refractivity (Wildman–Crippen MR) is 115 cm³/mol. The molecule has 0 radical (unpaired) electrons. The highest BCUT2D eigenvalue weighted by Gasteiger charge is 2.15. The normalized spacial score (nSPS) is 10.6. The third kappa shape index (κ3) is 4.70. The molecule has 2 aromatic heterocycles. The fourth-order valence-electron chi connectivity index (χ4n) is 2.87. The molecule has 0 aliphatic carbocycles. The van der Waals surface area contributed by atoms with Gasteiger partial charge in [-0.25, -0.2) is 9.97 Å². The van der Waals surface area contributed by atoms with E-state index in [1.165, 1.54) is 5.56 Å². The van der Waals surface area contributed by atoms with Crippen molar-refractivity contribution < 1.29 is 9.32 Å². The number of amides is 1. The summed E-state index contributed by atoms with van der Waals surface area (Å²) in [4.78, 5) is 21.8. The first-order chi connectivity index (χ1) is 14.6. The molecule has 7 nitrogen and oxygen atoms in total. The van der Waals surface area contributed by atoms with Crippen LogP contribution in [0, 0.1) is 13.8 Å². The average Bonchev–Trinajstić information content (AvgIpc) is 3.18. The minimum absolute atomic E-state index is 0.232. The van der Waals surface area contributed by atoms with Gasteiger partial charge >= 0.3 is 0 Å². The number of anilines is 2. The summed E-state index contributed by atoms with van der Waals surface area (Å²) in [6.07, 6.45) is 0. The number of nitrogens with zero attached hydrogens (tertiary/aromatic N) is 3. The third-order valence-corrected chi connectivity index (χ3v) is 4.45. The summed E-state index contributed by atoms with van der Waals surface area (Å²) in [7, 11) is 0. The van der Waals surface area contributed by atoms with Crippen molar-refractivity contribution in [2.45, 2.75) is 20.4 Å². The largest absolute Gasteiger partial charge is 0.366 e. The molecule has 0 aliphatic rings. The summed E-state index contributed by atoms with van der Waals surface area (Å²) < 4.78 is 5.00. The van der Waals surface area contributed by atoms with Gasteiger partial charge in [0.25, 0.3) is 5.91 Å². The number of carbonyl (C=O) groups excluding carboxylic acids is 1. The van der Waals surface area contributed by atoms with E-state index in [-0.39, 0.29) is 11.6 Å². The fraction of sp³-hybridized carbons (Fsp3) is 0.130. The Bertz CT molecular complexity index is 1150. The quantitative estimate of drug-likeness (QED) is 0.492. The van der Waals surface area contributed by atoms with Crippen LogP contribution in [0.25, 0.3) is 11.4 Å². The van der Waals surface area contributed by atoms with Crippen LogP contribution in [0.4, 0.5) is 11.6 Å². The highest BCUT2D eigenvalue weighted by molar-refractivity contribution is 6.03. The molecular weight excluding hydrogens is 378 g/mol. The second-order valence-corrected chi connectivity index (χ2v) is 6.94. The lowest BCUT2D eigenvalue weighted by atomic mass is 10.1. The Labute approximate surface area is 174 Å². The molecule has 150 valence electrons. The SMILES string of the molecule is Cc1ccc(CNc2cc(C(=O)Nc3cc(C)on3)nc(-c3ccccc3)n2)cc1. The minimum atomic E-state index is -0.388. The number of aromatic nitrogens is 3. The smallest absolute Gasteiger partial charge is 0.275 e. The molecule has 0 fully saturated rings. The van der Waals surface area contributed by atoms with E-state index in [1.54, 1.807) is 19.1 Å². The van der Waals surface area contributed by atoms with E-state index >= 15 is 0 Å². The van der Waals surface area contributed by atoms with Crippen molar-refractivity contribution >= 4 is 17.5 Å². The van der Waals surface area contributed by atoms with E-state index in [2.05, 4.69) is 56.9 Å². The zero-order valence-corrected chi connectivity index (χ0v) is 16.7. The van der Waals surface area contributed by atoms with Crippen molar-refractivity contribution in [3.63, 3.8) is 0 Å². The lowest BCUT2D eigenvalue weighted by molar-refractivity contribution is 0.102. The van der Waals surface area contributed by atoms with Crippen LogP contribution in [0.15, 0.2) is 71.3 Å². The van der Waals surface area contributed by atoms with Crippen molar-refractivity contribution in [3.05, 3.63) is 89.3 Å². The Kier molecular flexibility index (Phi) is 5.52. The van der Waals surface area contributed by atoms with Crippen LogP contribution < -0.4 is 10.6 Å². The number of carbonyl (C=O) groups is 1. The van der Waals surface area contributed by atoms with Gasteiger partial charge in [0, 0.05) is 24.2 Å². The first-order valence-corrected chi connectivity index (χ1v) is 9.55. The molecule has 2 N–H and O–H groups in total. The maximum atomic E-state index is 12.8. The Hall–Kier alpha value is -4.00. The number of benzene rings is 2. The highest BCUT2D eigenvalue weighted by atomic mass is 16.5. The molecule has 7 heteroatoms. The van der Waals surface area contributed by atoms with E-state index in [4.69, 9.17) is 4.52 Å². The number of hydrogen-bond acceptors (Lipinski definition) is 6. The van der Waals surface area contributed by atoms with E-state index in [0.717, 1.165) is 11.1 Å². The summed E-state index contributed by atoms with van der Waals surface area (Å²) in [5.41, 5.74) is 3.37. The molecule has 4 rings (SSSR count). The standard InChI is InChI=1S/C23H21N5O2/c1-15-8-10-17(11-9-15)14-24-20-13-19(23(29)27-21-12-16(2)30-28-21)25-22(26-20)18-6-4-3-5-7-18/h3-13H,14H2,1-2H3,(H,24,25,26)(H,27,28,29). The fourth-order valence-corrected chi connectivity index (χ4v) is 2.87. The Morgan fingerprint density at radius 3 is 2.40 bits per heavy atom. The van der Waals surface area contributed by atoms with Crippen LogP contribution in [-0.2, 0) is 6.54 Å². The van der Waals surface area contributed by atoms with Crippen LogP contribution in [0.5, 0.6) is 0 Å². The molecule has 4 aromatic rings. The molecule has 0 saturated heterocycles. The topological polar surface area (TPSA) is 92.9 Å². The third-order valence-electron chi connectivity index (χ3n) is 4.45. The maximum Gasteiger partial charge on any atom is 0.275 e. The van der Waals surface area contributed by atoms with E-state index in [9.17, 15) is 4.79 Å². The summed E-state index contributed by atoms with van der Waals surface area (Å²) in [5.74, 6) is 1.59. The molecule has 1 amide bonds. The summed E-state index contributed by atoms with van der Waals surface area (Å²) in [6.45, 7) is 4.39. The van der Waals surface area contributed by atoms with Gasteiger partial charge in [-0.2, -0.15) is 0 Å². The Morgan fingerprint density at radius 2 is 1.70 bits per heavy atom. The van der Waals surface area contributed by atoms with Crippen molar-refractivity contribution in [3.8, 4) is 11.4 Å². The van der Waals surface area contributed by atoms with Gasteiger partial charge in [0.15, 0.2) is 11.6 Å². The molecular formula is C23H21N5O2. The number of nitrogens with one attached hydrogen (secondary N) is 2. The molecule has 0 bridgehead atoms. The number of rotatable bonds is 6. The van der Waals surface area contributed by atoms with Gasteiger partial charge in [0.1, 0.15) is 17.3 Å². The highest BCUT2D eigenvalue weighted by Crippen LogP contribution is 2.19. The molecule has 0 spiro atoms. The zero-order valence-electron chi connectivity index (χ0n) is 16.7. The monoisotopic (exact) mass is 399 g/mol. The van der Waals surface area contributed by atoms with Gasteiger partial charge in [-0.15, -0.1) is 0 Å². The van der Waals surface area contributed by atoms with E-state index in [0.29, 0.717) is 29.8 Å². The first kappa shape index (κ1) is 19.3. The van der Waals surface area contributed by atoms with Crippen LogP contribution in [0.1, 0.15) is 27.4 Å². The van der Waals surface area contributed by atoms with Gasteiger partial charge in [0.05, 0.1) is 0 Å². The van der Waals surface area contributed by atoms with Crippen molar-refractivity contribution in [1.29, 1.82) is 0 Å². The van der Waals surface area contributed by atoms with Crippen LogP contribution in [0.2, 0.25) is 0 Å². The molecule has 30 heavy (non-hydrogen) atoms. The lowest BCUT2D eigenvalue weighted by Crippen LogP contribution is -2.16. The molecule has 0 unspecified atom stereocenters. The molecule has 0 atom stereocenters. The van der Waals surface area contributed by atoms with E-state index < -0.39 is 0 Å². The first-order valence-electron chi connectivity index (χ1n) is 9.55. The molecule has 2 aromatic carbocycles. The Morgan fingerprint density at radius 1 is 0.933 bits per heavy atom. The molecule has 0 saturated carbocycles. The molecule has 2 heterocycles. The van der Waals surface area contributed by atoms with Crippen LogP contribution in [-0.4, -0.2) is 21.0 Å².